The van der Waals surface area contributed by atoms with E-state index in [1.54, 1.807) is 0 Å². The van der Waals surface area contributed by atoms with E-state index in [1.165, 1.54) is 57.1 Å². The number of amides is 3. The average molecular weight is 1400 g/mol. The van der Waals surface area contributed by atoms with E-state index in [0.29, 0.717) is 19.3 Å². The average Bonchev–Trinajstić information content (AvgIpc) is 3.28. The van der Waals surface area contributed by atoms with Gasteiger partial charge in [0.15, 0.2) is 0 Å². The molecule has 0 aromatic heterocycles. The van der Waals surface area contributed by atoms with Gasteiger partial charge < -0.3 is 30.7 Å². The van der Waals surface area contributed by atoms with Crippen LogP contribution in [0.3, 0.4) is 0 Å². The molecule has 0 spiro atoms. The highest BCUT2D eigenvalue weighted by Crippen LogP contribution is 2.26. The molecule has 0 aliphatic heterocycles. The van der Waals surface area contributed by atoms with Crippen LogP contribution in [0.15, 0.2) is 134 Å². The fourth-order valence-electron chi connectivity index (χ4n) is 8.66. The van der Waals surface area contributed by atoms with Crippen molar-refractivity contribution in [3.05, 3.63) is 134 Å². The number of allylic oxidation sites excluding steroid dienone is 22. The van der Waals surface area contributed by atoms with Crippen LogP contribution < -0.4 is 16.0 Å². The van der Waals surface area contributed by atoms with Gasteiger partial charge in [0, 0.05) is 73.4 Å². The van der Waals surface area contributed by atoms with Gasteiger partial charge in [-0.3, -0.25) is 14.4 Å². The second kappa shape index (κ2) is 80.2. The van der Waals surface area contributed by atoms with Crippen LogP contribution in [0.1, 0.15) is 228 Å². The normalized spacial score (nSPS) is 13.4. The molecule has 0 fully saturated rings. The number of hydrogen-bond donors (Lipinski definition) is 3. The first-order valence-electron chi connectivity index (χ1n) is 36.0. The lowest BCUT2D eigenvalue weighted by atomic mass is 10.2. The summed E-state index contributed by atoms with van der Waals surface area (Å²) < 4.78 is 0. The van der Waals surface area contributed by atoms with Crippen LogP contribution >= 0.6 is 64.8 Å². The lowest BCUT2D eigenvalue weighted by Gasteiger charge is -2.22. The Morgan fingerprint density at radius 3 is 0.774 bits per heavy atom. The van der Waals surface area contributed by atoms with Gasteiger partial charge in [0.1, 0.15) is 0 Å². The molecule has 0 rings (SSSR count). The molecule has 3 amide bonds. The molecule has 0 bridgehead atoms. The second-order valence-electron chi connectivity index (χ2n) is 23.9. The monoisotopic (exact) mass is 1400 g/mol. The van der Waals surface area contributed by atoms with E-state index in [1.807, 2.05) is 64.8 Å². The molecule has 0 aliphatic rings. The van der Waals surface area contributed by atoms with Gasteiger partial charge in [-0.2, -0.15) is 0 Å². The van der Waals surface area contributed by atoms with E-state index in [2.05, 4.69) is 248 Å². The Morgan fingerprint density at radius 2 is 0.516 bits per heavy atom. The molecule has 0 saturated carbocycles. The van der Waals surface area contributed by atoms with Gasteiger partial charge in [0.2, 0.25) is 17.7 Å². The zero-order valence-electron chi connectivity index (χ0n) is 61.3. The molecule has 93 heavy (non-hydrogen) atoms. The van der Waals surface area contributed by atoms with Crippen molar-refractivity contribution in [1.29, 1.82) is 0 Å². The maximum absolute atomic E-state index is 12.4. The molecular weight excluding hydrogens is 1260 g/mol. The second-order valence-corrected chi connectivity index (χ2v) is 31.8. The van der Waals surface area contributed by atoms with E-state index < -0.39 is 0 Å². The fraction of sp³-hybridized carbons (Fsp3) is 0.679. The zero-order valence-corrected chi connectivity index (χ0v) is 66.2. The molecule has 0 radical (unpaired) electrons. The minimum Gasteiger partial charge on any atom is -0.351 e. The van der Waals surface area contributed by atoms with Crippen molar-refractivity contribution in [3.63, 3.8) is 0 Å². The topological polar surface area (TPSA) is 97.0 Å². The summed E-state index contributed by atoms with van der Waals surface area (Å²) in [4.78, 5) is 43.3. The summed E-state index contributed by atoms with van der Waals surface area (Å²) in [5, 5.41) is 9.70. The largest absolute Gasteiger partial charge is 0.351 e. The van der Waals surface area contributed by atoms with E-state index in [-0.39, 0.29) is 35.8 Å². The van der Waals surface area contributed by atoms with E-state index in [4.69, 9.17) is 0 Å². The van der Waals surface area contributed by atoms with E-state index >= 15 is 0 Å². The van der Waals surface area contributed by atoms with Crippen molar-refractivity contribution in [2.24, 2.45) is 0 Å². The van der Waals surface area contributed by atoms with Crippen molar-refractivity contribution in [3.8, 4) is 0 Å². The molecule has 0 aromatic rings. The van der Waals surface area contributed by atoms with Crippen molar-refractivity contribution in [2.75, 3.05) is 96.4 Å². The highest BCUT2D eigenvalue weighted by molar-refractivity contribution is 8.77. The first-order chi connectivity index (χ1) is 45.3. The van der Waals surface area contributed by atoms with Gasteiger partial charge in [-0.1, -0.05) is 253 Å². The summed E-state index contributed by atoms with van der Waals surface area (Å²) >= 11 is 0. The van der Waals surface area contributed by atoms with Crippen LogP contribution in [0.5, 0.6) is 0 Å². The number of carbonyl (C=O) groups excluding carboxylic acids is 3. The smallest absolute Gasteiger partial charge is 0.220 e. The molecule has 3 unspecified atom stereocenters. The van der Waals surface area contributed by atoms with Crippen LogP contribution in [0.25, 0.3) is 0 Å². The number of nitrogens with zero attached hydrogens (tertiary/aromatic N) is 3. The molecule has 0 heterocycles. The van der Waals surface area contributed by atoms with Gasteiger partial charge >= 0.3 is 0 Å². The molecule has 0 aromatic carbocycles. The molecule has 15 heteroatoms. The molecule has 9 nitrogen and oxygen atoms in total. The SMILES string of the molecule is CC/C=C/C/C=C/C/C=C/CCCC(=O)NC(CSSCCC/C=C/C/C=C/CCCCC)CN(C)C.CC/C=C/C/C=C/CCCSSCC(CN(C)C)NC(=O)CCC/C=C/C/C=C/CC.CC/C=C/CCCSSCC(CN(C)C)NC(=O)CCC/C=C/CC. The van der Waals surface area contributed by atoms with Crippen molar-refractivity contribution in [2.45, 2.75) is 246 Å². The molecule has 0 aliphatic carbocycles. The third-order valence-corrected chi connectivity index (χ3v) is 21.1. The van der Waals surface area contributed by atoms with Crippen LogP contribution in [0, 0.1) is 0 Å². The van der Waals surface area contributed by atoms with Crippen LogP contribution in [-0.4, -0.2) is 147 Å². The molecular formula is C78H140N6O3S6. The van der Waals surface area contributed by atoms with E-state index in [0.717, 1.165) is 164 Å². The van der Waals surface area contributed by atoms with Gasteiger partial charge in [-0.05, 0) is 196 Å². The summed E-state index contributed by atoms with van der Waals surface area (Å²) in [7, 11) is 23.8. The minimum atomic E-state index is 0.179. The summed E-state index contributed by atoms with van der Waals surface area (Å²) in [6.07, 6.45) is 79.4. The third kappa shape index (κ3) is 83.7. The highest BCUT2D eigenvalue weighted by atomic mass is 33.1. The maximum atomic E-state index is 12.4. The Labute approximate surface area is 599 Å². The predicted molar refractivity (Wildman–Crippen MR) is 435 cm³/mol. The summed E-state index contributed by atoms with van der Waals surface area (Å²) in [5.41, 5.74) is 0. The lowest BCUT2D eigenvalue weighted by molar-refractivity contribution is -0.122. The van der Waals surface area contributed by atoms with E-state index in [9.17, 15) is 14.4 Å². The molecule has 0 saturated heterocycles. The number of hydrogen-bond acceptors (Lipinski definition) is 12. The summed E-state index contributed by atoms with van der Waals surface area (Å²) in [6.45, 7) is 15.7. The Bertz CT molecular complexity index is 1980. The Balaban J connectivity index is -0.00000133. The Morgan fingerprint density at radius 1 is 0.290 bits per heavy atom. The van der Waals surface area contributed by atoms with Crippen LogP contribution in [0.4, 0.5) is 0 Å². The molecule has 536 valence electrons. The van der Waals surface area contributed by atoms with Crippen molar-refractivity contribution in [1.82, 2.24) is 30.7 Å². The number of carbonyl (C=O) groups is 3. The lowest BCUT2D eigenvalue weighted by Crippen LogP contribution is -2.43. The Kier molecular flexibility index (Phi) is 81.7. The molecule has 3 atom stereocenters. The number of likely N-dealkylation sites (N-methyl/N-ethyl adjacent to an activating group) is 3. The minimum absolute atomic E-state index is 0.179. The predicted octanol–water partition coefficient (Wildman–Crippen LogP) is 21.8. The van der Waals surface area contributed by atoms with Gasteiger partial charge in [0.05, 0.1) is 18.1 Å². The number of rotatable bonds is 61. The van der Waals surface area contributed by atoms with Gasteiger partial charge in [-0.15, -0.1) is 0 Å². The first-order valence-corrected chi connectivity index (χ1v) is 43.5. The van der Waals surface area contributed by atoms with Gasteiger partial charge in [-0.25, -0.2) is 0 Å². The first kappa shape index (κ1) is 94.7. The summed E-state index contributed by atoms with van der Waals surface area (Å²) in [5.74, 6) is 6.90. The number of nitrogens with one attached hydrogen (secondary N) is 3. The van der Waals surface area contributed by atoms with Crippen LogP contribution in [0.2, 0.25) is 0 Å². The van der Waals surface area contributed by atoms with Crippen LogP contribution in [-0.2, 0) is 14.4 Å². The molecule has 3 N–H and O–H groups in total. The summed E-state index contributed by atoms with van der Waals surface area (Å²) in [6, 6.07) is 0.637. The standard InChI is InChI=1S/C32H56N2OS2.C26H46N2OS2.C20H38N2OS2/c1-5-7-9-11-13-15-17-19-21-23-25-27-32(35)33-31(29-34(3)4)30-37-36-28-26-24-22-20-18-16-14-12-10-8-6-2;1-5-7-9-11-13-15-17-19-21-26(29)27-25(23-28(3)4)24-31-30-22-20-18-16-14-12-10-8-6-2;1-5-7-9-11-13-15-20(23)21-19(17-22(3)4)18-25-24-16-14-12-10-8-6-2/h7,9,13-16,19-22,31H,5-6,8,10-12,17-18,23-30H2,1-4H3,(H,33,35);7-10,13-16,25H,5-6,11-12,17-24H2,1-4H3,(H,27,29);7-10,19H,5-6,11-18H2,1-4H3,(H,21,23)/b9-7+,15-13+,16-14+,21-19+,22-20+;9-7+,10-8+,15-13+,16-14+;9-7+,10-8+. The van der Waals surface area contributed by atoms with Gasteiger partial charge in [0.25, 0.3) is 0 Å². The zero-order chi connectivity index (χ0) is 69.0. The van der Waals surface area contributed by atoms with Crippen molar-refractivity contribution >= 4 is 82.5 Å². The Hall–Kier alpha value is -2.47. The third-order valence-electron chi connectivity index (χ3n) is 13.4. The number of unbranched alkanes of at least 4 members (excludes halogenated alkanes) is 9. The fourth-order valence-corrected chi connectivity index (χ4v) is 15.7. The maximum Gasteiger partial charge on any atom is 0.220 e. The highest BCUT2D eigenvalue weighted by Gasteiger charge is 2.16. The van der Waals surface area contributed by atoms with Crippen molar-refractivity contribution < 1.29 is 14.4 Å². The quantitative estimate of drug-likeness (QED) is 0.0307.